The Hall–Kier alpha value is -2.82. The Morgan fingerprint density at radius 2 is 1.74 bits per heavy atom. The third-order valence-electron chi connectivity index (χ3n) is 5.47. The van der Waals surface area contributed by atoms with Crippen LogP contribution in [0.15, 0.2) is 48.5 Å². The highest BCUT2D eigenvalue weighted by molar-refractivity contribution is 5.98. The van der Waals surface area contributed by atoms with Gasteiger partial charge in [0.25, 0.3) is 5.91 Å². The number of fused-ring (bicyclic) bond motifs is 1. The van der Waals surface area contributed by atoms with Crippen LogP contribution in [-0.4, -0.2) is 42.9 Å². The van der Waals surface area contributed by atoms with Gasteiger partial charge in [-0.1, -0.05) is 18.2 Å². The number of Topliss-reactive ketones (excluding diaryl/α,β-unsaturated/α-hetero) is 1. The molecule has 0 bridgehead atoms. The van der Waals surface area contributed by atoms with E-state index in [9.17, 15) is 9.59 Å². The largest absolute Gasteiger partial charge is 0.497 e. The predicted octanol–water partition coefficient (Wildman–Crippen LogP) is 3.12. The Morgan fingerprint density at radius 1 is 1.04 bits per heavy atom. The van der Waals surface area contributed by atoms with E-state index >= 15 is 0 Å². The van der Waals surface area contributed by atoms with Crippen molar-refractivity contribution in [2.75, 3.05) is 20.2 Å². The van der Waals surface area contributed by atoms with Crippen LogP contribution in [0, 0.1) is 5.92 Å². The normalized spacial score (nSPS) is 19.3. The van der Waals surface area contributed by atoms with E-state index in [1.54, 1.807) is 19.2 Å². The summed E-state index contributed by atoms with van der Waals surface area (Å²) in [7, 11) is 1.61. The first-order valence-corrected chi connectivity index (χ1v) is 9.37. The number of likely N-dealkylation sites (tertiary alicyclic amines) is 1. The summed E-state index contributed by atoms with van der Waals surface area (Å²) >= 11 is 0. The molecule has 2 aromatic carbocycles. The van der Waals surface area contributed by atoms with E-state index in [4.69, 9.17) is 9.47 Å². The number of amides is 1. The first kappa shape index (κ1) is 17.6. The molecule has 1 atom stereocenters. The van der Waals surface area contributed by atoms with E-state index in [2.05, 4.69) is 0 Å². The second-order valence-electron chi connectivity index (χ2n) is 7.11. The number of ketones is 1. The van der Waals surface area contributed by atoms with Crippen LogP contribution < -0.4 is 9.47 Å². The van der Waals surface area contributed by atoms with Crippen molar-refractivity contribution in [2.24, 2.45) is 5.92 Å². The summed E-state index contributed by atoms with van der Waals surface area (Å²) in [5.41, 5.74) is 1.79. The van der Waals surface area contributed by atoms with Crippen LogP contribution in [0.3, 0.4) is 0 Å². The molecule has 140 valence electrons. The lowest BCUT2D eigenvalue weighted by Crippen LogP contribution is -2.46. The molecule has 0 aromatic heterocycles. The summed E-state index contributed by atoms with van der Waals surface area (Å²) in [6, 6.07) is 15.0. The van der Waals surface area contributed by atoms with Crippen LogP contribution in [0.25, 0.3) is 0 Å². The Bertz CT molecular complexity index is 813. The number of benzene rings is 2. The maximum atomic E-state index is 12.8. The first-order valence-electron chi connectivity index (χ1n) is 9.37. The fourth-order valence-electron chi connectivity index (χ4n) is 3.88. The molecular formula is C22H23NO4. The Balaban J connectivity index is 1.33. The zero-order valence-corrected chi connectivity index (χ0v) is 15.4. The Morgan fingerprint density at radius 3 is 2.41 bits per heavy atom. The molecule has 27 heavy (non-hydrogen) atoms. The quantitative estimate of drug-likeness (QED) is 0.781. The molecule has 5 heteroatoms. The fraction of sp³-hybridized carbons (Fsp3) is 0.364. The summed E-state index contributed by atoms with van der Waals surface area (Å²) in [4.78, 5) is 27.3. The number of carbonyl (C=O) groups is 2. The average Bonchev–Trinajstić information content (AvgIpc) is 3.17. The maximum Gasteiger partial charge on any atom is 0.263 e. The zero-order chi connectivity index (χ0) is 18.8. The molecule has 0 saturated carbocycles. The van der Waals surface area contributed by atoms with Crippen LogP contribution >= 0.6 is 0 Å². The number of methoxy groups -OCH3 is 1. The molecule has 4 rings (SSSR count). The van der Waals surface area contributed by atoms with Gasteiger partial charge in [0.2, 0.25) is 0 Å². The van der Waals surface area contributed by atoms with Crippen LogP contribution in [-0.2, 0) is 11.2 Å². The lowest BCUT2D eigenvalue weighted by atomic mass is 9.88. The molecule has 1 saturated heterocycles. The maximum absolute atomic E-state index is 12.8. The number of nitrogens with zero attached hydrogens (tertiary/aromatic N) is 1. The van der Waals surface area contributed by atoms with Crippen molar-refractivity contribution in [3.8, 4) is 11.5 Å². The SMILES string of the molecule is COc1ccc(C(=O)C2CCN(C(=O)C3Cc4ccccc4O3)CC2)cc1. The highest BCUT2D eigenvalue weighted by atomic mass is 16.5. The smallest absolute Gasteiger partial charge is 0.263 e. The van der Waals surface area contributed by atoms with Gasteiger partial charge >= 0.3 is 0 Å². The van der Waals surface area contributed by atoms with E-state index in [-0.39, 0.29) is 17.6 Å². The molecule has 5 nitrogen and oxygen atoms in total. The van der Waals surface area contributed by atoms with Crippen LogP contribution in [0.2, 0.25) is 0 Å². The molecule has 0 radical (unpaired) electrons. The third kappa shape index (κ3) is 3.54. The number of hydrogen-bond acceptors (Lipinski definition) is 4. The number of ether oxygens (including phenoxy) is 2. The number of piperidine rings is 1. The van der Waals surface area contributed by atoms with E-state index in [1.165, 1.54) is 0 Å². The van der Waals surface area contributed by atoms with Crippen LogP contribution in [0.5, 0.6) is 11.5 Å². The Kier molecular flexibility index (Phi) is 4.84. The molecule has 0 N–H and O–H groups in total. The van der Waals surface area contributed by atoms with Gasteiger partial charge in [-0.15, -0.1) is 0 Å². The summed E-state index contributed by atoms with van der Waals surface area (Å²) < 4.78 is 11.0. The van der Waals surface area contributed by atoms with Gasteiger partial charge in [0.15, 0.2) is 11.9 Å². The summed E-state index contributed by atoms with van der Waals surface area (Å²) in [6.07, 6.45) is 1.57. The monoisotopic (exact) mass is 365 g/mol. The number of para-hydroxylation sites is 1. The second-order valence-corrected chi connectivity index (χ2v) is 7.11. The van der Waals surface area contributed by atoms with E-state index in [0.29, 0.717) is 37.9 Å². The topological polar surface area (TPSA) is 55.8 Å². The van der Waals surface area contributed by atoms with Gasteiger partial charge in [-0.3, -0.25) is 9.59 Å². The lowest BCUT2D eigenvalue weighted by Gasteiger charge is -2.32. The molecule has 1 fully saturated rings. The standard InChI is InChI=1S/C22H23NO4/c1-26-18-8-6-15(7-9-18)21(24)16-10-12-23(13-11-16)22(25)20-14-17-4-2-3-5-19(17)27-20/h2-9,16,20H,10-14H2,1H3. The van der Waals surface area contributed by atoms with Gasteiger partial charge in [-0.05, 0) is 48.7 Å². The van der Waals surface area contributed by atoms with Crippen LogP contribution in [0.1, 0.15) is 28.8 Å². The van der Waals surface area contributed by atoms with Gasteiger partial charge in [0, 0.05) is 31.0 Å². The number of rotatable bonds is 4. The highest BCUT2D eigenvalue weighted by Gasteiger charge is 2.35. The third-order valence-corrected chi connectivity index (χ3v) is 5.47. The van der Waals surface area contributed by atoms with Gasteiger partial charge in [0.1, 0.15) is 11.5 Å². The Labute approximate surface area is 158 Å². The van der Waals surface area contributed by atoms with Gasteiger partial charge in [0.05, 0.1) is 7.11 Å². The highest BCUT2D eigenvalue weighted by Crippen LogP contribution is 2.30. The summed E-state index contributed by atoms with van der Waals surface area (Å²) in [6.45, 7) is 1.20. The van der Waals surface area contributed by atoms with Crippen molar-refractivity contribution in [3.63, 3.8) is 0 Å². The van der Waals surface area contributed by atoms with E-state index < -0.39 is 6.10 Å². The minimum atomic E-state index is -0.434. The van der Waals surface area contributed by atoms with Crippen LogP contribution in [0.4, 0.5) is 0 Å². The van der Waals surface area contributed by atoms with E-state index in [1.807, 2.05) is 41.3 Å². The van der Waals surface area contributed by atoms with Crippen molar-refractivity contribution in [2.45, 2.75) is 25.4 Å². The first-order chi connectivity index (χ1) is 13.2. The minimum Gasteiger partial charge on any atom is -0.497 e. The summed E-state index contributed by atoms with van der Waals surface area (Å²) in [5, 5.41) is 0. The molecule has 0 spiro atoms. The fourth-order valence-corrected chi connectivity index (χ4v) is 3.88. The van der Waals surface area contributed by atoms with Crippen molar-refractivity contribution in [3.05, 3.63) is 59.7 Å². The molecule has 2 aliphatic rings. The van der Waals surface area contributed by atoms with Crippen molar-refractivity contribution < 1.29 is 19.1 Å². The molecule has 1 amide bonds. The zero-order valence-electron chi connectivity index (χ0n) is 15.4. The molecular weight excluding hydrogens is 342 g/mol. The molecule has 2 aromatic rings. The van der Waals surface area contributed by atoms with E-state index in [0.717, 1.165) is 17.1 Å². The number of carbonyl (C=O) groups excluding carboxylic acids is 2. The lowest BCUT2D eigenvalue weighted by molar-refractivity contribution is -0.139. The van der Waals surface area contributed by atoms with Gasteiger partial charge in [-0.25, -0.2) is 0 Å². The predicted molar refractivity (Wildman–Crippen MR) is 101 cm³/mol. The number of hydrogen-bond donors (Lipinski definition) is 0. The molecule has 2 aliphatic heterocycles. The van der Waals surface area contributed by atoms with Gasteiger partial charge in [-0.2, -0.15) is 0 Å². The molecule has 1 unspecified atom stereocenters. The molecule has 0 aliphatic carbocycles. The van der Waals surface area contributed by atoms with Crippen molar-refractivity contribution >= 4 is 11.7 Å². The average molecular weight is 365 g/mol. The van der Waals surface area contributed by atoms with Gasteiger partial charge < -0.3 is 14.4 Å². The van der Waals surface area contributed by atoms with Crippen molar-refractivity contribution in [1.29, 1.82) is 0 Å². The van der Waals surface area contributed by atoms with Crippen molar-refractivity contribution in [1.82, 2.24) is 4.90 Å². The minimum absolute atomic E-state index is 0.0292. The second kappa shape index (κ2) is 7.43. The summed E-state index contributed by atoms with van der Waals surface area (Å²) in [5.74, 6) is 1.69. The molecule has 2 heterocycles.